The Morgan fingerprint density at radius 1 is 1.33 bits per heavy atom. The number of pyridine rings is 1. The van der Waals surface area contributed by atoms with Crippen LogP contribution in [0.3, 0.4) is 0 Å². The number of aromatic nitrogens is 2. The first-order chi connectivity index (χ1) is 10.1. The number of carbonyl (C=O) groups excluding carboxylic acids is 1. The summed E-state index contributed by atoms with van der Waals surface area (Å²) < 4.78 is 2.87. The van der Waals surface area contributed by atoms with E-state index in [0.717, 1.165) is 15.4 Å². The first kappa shape index (κ1) is 14.1. The minimum absolute atomic E-state index is 0.151. The minimum Gasteiger partial charge on any atom is -0.338 e. The van der Waals surface area contributed by atoms with E-state index in [-0.39, 0.29) is 17.6 Å². The number of benzene rings is 1. The minimum atomic E-state index is -0.151. The average Bonchev–Trinajstić information content (AvgIpc) is 2.84. The van der Waals surface area contributed by atoms with Crippen LogP contribution in [-0.2, 0) is 11.3 Å². The van der Waals surface area contributed by atoms with E-state index in [4.69, 9.17) is 11.6 Å². The second-order valence-corrected chi connectivity index (χ2v) is 5.81. The third-order valence-corrected chi connectivity index (χ3v) is 3.88. The van der Waals surface area contributed by atoms with Crippen LogP contribution in [0.4, 0.5) is 5.69 Å². The van der Waals surface area contributed by atoms with Crippen LogP contribution >= 0.6 is 27.5 Å². The van der Waals surface area contributed by atoms with Gasteiger partial charge < -0.3 is 9.88 Å². The highest BCUT2D eigenvalue weighted by atomic mass is 79.9. The maximum atomic E-state index is 12.1. The number of nitrogens with one attached hydrogen (secondary N) is 1. The van der Waals surface area contributed by atoms with Crippen LogP contribution in [-0.4, -0.2) is 15.5 Å². The molecule has 1 N–H and O–H groups in total. The molecule has 0 fully saturated rings. The number of hydrogen-bond donors (Lipinski definition) is 1. The van der Waals surface area contributed by atoms with Crippen LogP contribution in [0.5, 0.6) is 0 Å². The third kappa shape index (κ3) is 3.09. The Kier molecular flexibility index (Phi) is 3.94. The van der Waals surface area contributed by atoms with E-state index in [1.165, 1.54) is 0 Å². The standard InChI is InChI=1S/C15H11BrClN3O/c16-11-4-3-10-5-7-20(13(10)8-11)9-14(21)19-12-2-1-6-18-15(12)17/h1-8H,9H2,(H,19,21). The van der Waals surface area contributed by atoms with Gasteiger partial charge in [0, 0.05) is 22.4 Å². The van der Waals surface area contributed by atoms with Gasteiger partial charge in [-0.2, -0.15) is 0 Å². The van der Waals surface area contributed by atoms with Gasteiger partial charge in [0.2, 0.25) is 5.91 Å². The summed E-state index contributed by atoms with van der Waals surface area (Å²) in [6.45, 7) is 0.213. The summed E-state index contributed by atoms with van der Waals surface area (Å²) in [5.74, 6) is -0.151. The molecule has 106 valence electrons. The molecule has 0 radical (unpaired) electrons. The molecule has 0 aliphatic heterocycles. The molecule has 0 saturated heterocycles. The van der Waals surface area contributed by atoms with Gasteiger partial charge in [-0.3, -0.25) is 4.79 Å². The van der Waals surface area contributed by atoms with E-state index in [1.54, 1.807) is 18.3 Å². The molecule has 0 aliphatic carbocycles. The predicted octanol–water partition coefficient (Wildman–Crippen LogP) is 4.09. The molecule has 3 aromatic rings. The smallest absolute Gasteiger partial charge is 0.244 e. The largest absolute Gasteiger partial charge is 0.338 e. The number of halogens is 2. The van der Waals surface area contributed by atoms with E-state index in [9.17, 15) is 4.79 Å². The lowest BCUT2D eigenvalue weighted by atomic mass is 10.2. The summed E-state index contributed by atoms with van der Waals surface area (Å²) in [7, 11) is 0. The third-order valence-electron chi connectivity index (χ3n) is 3.08. The Bertz CT molecular complexity index is 816. The van der Waals surface area contributed by atoms with E-state index in [0.29, 0.717) is 5.69 Å². The number of fused-ring (bicyclic) bond motifs is 1. The van der Waals surface area contributed by atoms with Crippen LogP contribution in [0.1, 0.15) is 0 Å². The fourth-order valence-electron chi connectivity index (χ4n) is 2.12. The van der Waals surface area contributed by atoms with Crippen molar-refractivity contribution < 1.29 is 4.79 Å². The van der Waals surface area contributed by atoms with E-state index in [1.807, 2.05) is 35.0 Å². The second kappa shape index (κ2) is 5.87. The fourth-order valence-corrected chi connectivity index (χ4v) is 2.63. The number of nitrogens with zero attached hydrogens (tertiary/aromatic N) is 2. The molecule has 2 aromatic heterocycles. The first-order valence-corrected chi connectivity index (χ1v) is 7.45. The van der Waals surface area contributed by atoms with Crippen LogP contribution in [0.15, 0.2) is 53.3 Å². The molecule has 2 heterocycles. The monoisotopic (exact) mass is 363 g/mol. The molecule has 1 amide bonds. The van der Waals surface area contributed by atoms with Crippen molar-refractivity contribution in [2.75, 3.05) is 5.32 Å². The Balaban J connectivity index is 1.80. The van der Waals surface area contributed by atoms with Crippen molar-refractivity contribution in [3.63, 3.8) is 0 Å². The van der Waals surface area contributed by atoms with Crippen LogP contribution in [0.25, 0.3) is 10.9 Å². The van der Waals surface area contributed by atoms with Gasteiger partial charge in [0.25, 0.3) is 0 Å². The second-order valence-electron chi connectivity index (χ2n) is 4.54. The Morgan fingerprint density at radius 3 is 3.00 bits per heavy atom. The number of amides is 1. The molecular weight excluding hydrogens is 354 g/mol. The maximum Gasteiger partial charge on any atom is 0.244 e. The summed E-state index contributed by atoms with van der Waals surface area (Å²) >= 11 is 9.37. The van der Waals surface area contributed by atoms with Crippen molar-refractivity contribution in [2.24, 2.45) is 0 Å². The van der Waals surface area contributed by atoms with Gasteiger partial charge in [-0.05, 0) is 35.7 Å². The molecule has 0 bridgehead atoms. The summed E-state index contributed by atoms with van der Waals surface area (Å²) in [5, 5.41) is 4.13. The van der Waals surface area contributed by atoms with E-state index >= 15 is 0 Å². The predicted molar refractivity (Wildman–Crippen MR) is 87.5 cm³/mol. The summed E-state index contributed by atoms with van der Waals surface area (Å²) in [6.07, 6.45) is 3.47. The van der Waals surface area contributed by atoms with Crippen molar-refractivity contribution >= 4 is 50.0 Å². The number of carbonyl (C=O) groups is 1. The molecule has 0 aliphatic rings. The quantitative estimate of drug-likeness (QED) is 0.712. The van der Waals surface area contributed by atoms with Crippen LogP contribution in [0.2, 0.25) is 5.15 Å². The van der Waals surface area contributed by atoms with Gasteiger partial charge in [0.1, 0.15) is 6.54 Å². The molecular formula is C15H11BrClN3O. The fraction of sp³-hybridized carbons (Fsp3) is 0.0667. The number of rotatable bonds is 3. The van der Waals surface area contributed by atoms with Gasteiger partial charge in [0.15, 0.2) is 5.15 Å². The van der Waals surface area contributed by atoms with Crippen LogP contribution < -0.4 is 5.32 Å². The van der Waals surface area contributed by atoms with Gasteiger partial charge in [-0.25, -0.2) is 4.98 Å². The lowest BCUT2D eigenvalue weighted by Crippen LogP contribution is -2.18. The zero-order valence-corrected chi connectivity index (χ0v) is 13.2. The molecule has 0 atom stereocenters. The summed E-state index contributed by atoms with van der Waals surface area (Å²) in [6, 6.07) is 11.4. The SMILES string of the molecule is O=C(Cn1ccc2ccc(Br)cc21)Nc1cccnc1Cl. The van der Waals surface area contributed by atoms with Crippen LogP contribution in [0, 0.1) is 0 Å². The van der Waals surface area contributed by atoms with E-state index < -0.39 is 0 Å². The molecule has 1 aromatic carbocycles. The molecule has 21 heavy (non-hydrogen) atoms. The Morgan fingerprint density at radius 2 is 2.19 bits per heavy atom. The topological polar surface area (TPSA) is 46.9 Å². The Labute approximate surface area is 134 Å². The van der Waals surface area contributed by atoms with Crippen molar-refractivity contribution in [2.45, 2.75) is 6.54 Å². The van der Waals surface area contributed by atoms with Crippen molar-refractivity contribution in [1.29, 1.82) is 0 Å². The lowest BCUT2D eigenvalue weighted by molar-refractivity contribution is -0.116. The highest BCUT2D eigenvalue weighted by molar-refractivity contribution is 9.10. The van der Waals surface area contributed by atoms with Gasteiger partial charge >= 0.3 is 0 Å². The molecule has 3 rings (SSSR count). The van der Waals surface area contributed by atoms with Crippen molar-refractivity contribution in [1.82, 2.24) is 9.55 Å². The first-order valence-electron chi connectivity index (χ1n) is 6.28. The highest BCUT2D eigenvalue weighted by Gasteiger charge is 2.09. The number of hydrogen-bond acceptors (Lipinski definition) is 2. The van der Waals surface area contributed by atoms with Crippen molar-refractivity contribution in [3.8, 4) is 0 Å². The zero-order chi connectivity index (χ0) is 14.8. The number of anilines is 1. The summed E-state index contributed by atoms with van der Waals surface area (Å²) in [5.41, 5.74) is 1.51. The maximum absolute atomic E-state index is 12.1. The molecule has 0 unspecified atom stereocenters. The zero-order valence-electron chi connectivity index (χ0n) is 10.9. The molecule has 4 nitrogen and oxygen atoms in total. The molecule has 0 saturated carbocycles. The van der Waals surface area contributed by atoms with Gasteiger partial charge in [-0.1, -0.05) is 33.6 Å². The van der Waals surface area contributed by atoms with Gasteiger partial charge in [-0.15, -0.1) is 0 Å². The molecule has 0 spiro atoms. The average molecular weight is 365 g/mol. The highest BCUT2D eigenvalue weighted by Crippen LogP contribution is 2.21. The normalized spacial score (nSPS) is 10.8. The van der Waals surface area contributed by atoms with Crippen molar-refractivity contribution in [3.05, 3.63) is 58.4 Å². The molecule has 6 heteroatoms. The Hall–Kier alpha value is -1.85. The summed E-state index contributed by atoms with van der Waals surface area (Å²) in [4.78, 5) is 16.1. The van der Waals surface area contributed by atoms with E-state index in [2.05, 4.69) is 26.2 Å². The lowest BCUT2D eigenvalue weighted by Gasteiger charge is -2.08. The van der Waals surface area contributed by atoms with Gasteiger partial charge in [0.05, 0.1) is 5.69 Å².